The standard InChI is InChI=1S/C21H16N2O5/c1-13(23-19(24)16-9-5-6-10-17(16)20(23)25)21(26)28-12-15-11-27-18(22-15)14-7-3-2-4-8-14/h2-11,13H,12H2,1H3. The second-order valence-corrected chi connectivity index (χ2v) is 6.32. The van der Waals surface area contributed by atoms with E-state index in [1.54, 1.807) is 24.3 Å². The Bertz CT molecular complexity index is 1020. The maximum absolute atomic E-state index is 12.5. The van der Waals surface area contributed by atoms with Crippen molar-refractivity contribution in [2.75, 3.05) is 0 Å². The van der Waals surface area contributed by atoms with E-state index in [9.17, 15) is 14.4 Å². The number of aromatic nitrogens is 1. The highest BCUT2D eigenvalue weighted by Gasteiger charge is 2.41. The van der Waals surface area contributed by atoms with Crippen molar-refractivity contribution in [1.82, 2.24) is 9.88 Å². The fourth-order valence-electron chi connectivity index (χ4n) is 3.02. The number of esters is 1. The number of fused-ring (bicyclic) bond motifs is 1. The number of carbonyl (C=O) groups excluding carboxylic acids is 3. The average molecular weight is 376 g/mol. The van der Waals surface area contributed by atoms with Crippen LogP contribution in [0.5, 0.6) is 0 Å². The monoisotopic (exact) mass is 376 g/mol. The zero-order valence-corrected chi connectivity index (χ0v) is 15.0. The first-order chi connectivity index (χ1) is 13.6. The van der Waals surface area contributed by atoms with Gasteiger partial charge < -0.3 is 9.15 Å². The lowest BCUT2D eigenvalue weighted by Crippen LogP contribution is -2.43. The van der Waals surface area contributed by atoms with Crippen LogP contribution < -0.4 is 0 Å². The quantitative estimate of drug-likeness (QED) is 0.502. The van der Waals surface area contributed by atoms with Gasteiger partial charge in [-0.2, -0.15) is 0 Å². The van der Waals surface area contributed by atoms with Crippen LogP contribution in [0.4, 0.5) is 0 Å². The second kappa shape index (κ2) is 7.11. The molecule has 2 heterocycles. The van der Waals surface area contributed by atoms with E-state index < -0.39 is 23.8 Å². The van der Waals surface area contributed by atoms with E-state index in [0.717, 1.165) is 10.5 Å². The largest absolute Gasteiger partial charge is 0.458 e. The molecule has 2 amide bonds. The molecule has 0 spiro atoms. The first kappa shape index (κ1) is 17.7. The molecule has 2 aromatic carbocycles. The number of oxazole rings is 1. The van der Waals surface area contributed by atoms with Crippen molar-refractivity contribution < 1.29 is 23.5 Å². The molecule has 140 valence electrons. The molecule has 7 heteroatoms. The van der Waals surface area contributed by atoms with Gasteiger partial charge in [0.15, 0.2) is 0 Å². The Morgan fingerprint density at radius 1 is 1.04 bits per heavy atom. The molecule has 1 aliphatic rings. The summed E-state index contributed by atoms with van der Waals surface area (Å²) in [5.74, 6) is -1.28. The van der Waals surface area contributed by atoms with Gasteiger partial charge in [0.25, 0.3) is 11.8 Å². The number of hydrogen-bond donors (Lipinski definition) is 0. The van der Waals surface area contributed by atoms with Crippen molar-refractivity contribution in [2.24, 2.45) is 0 Å². The van der Waals surface area contributed by atoms with Crippen LogP contribution in [0.3, 0.4) is 0 Å². The Morgan fingerprint density at radius 2 is 1.64 bits per heavy atom. The lowest BCUT2D eigenvalue weighted by molar-refractivity contribution is -0.149. The van der Waals surface area contributed by atoms with Gasteiger partial charge in [-0.25, -0.2) is 9.78 Å². The smallest absolute Gasteiger partial charge is 0.329 e. The highest BCUT2D eigenvalue weighted by molar-refractivity contribution is 6.22. The SMILES string of the molecule is CC(C(=O)OCc1coc(-c2ccccc2)n1)N1C(=O)c2ccccc2C1=O. The fourth-order valence-corrected chi connectivity index (χ4v) is 3.02. The molecule has 0 saturated heterocycles. The Hall–Kier alpha value is -3.74. The van der Waals surface area contributed by atoms with Gasteiger partial charge in [-0.1, -0.05) is 30.3 Å². The molecule has 1 unspecified atom stereocenters. The molecule has 0 N–H and O–H groups in total. The number of imide groups is 1. The maximum Gasteiger partial charge on any atom is 0.329 e. The topological polar surface area (TPSA) is 89.7 Å². The highest BCUT2D eigenvalue weighted by atomic mass is 16.5. The summed E-state index contributed by atoms with van der Waals surface area (Å²) in [4.78, 5) is 42.5. The maximum atomic E-state index is 12.5. The van der Waals surface area contributed by atoms with Crippen molar-refractivity contribution in [3.63, 3.8) is 0 Å². The number of ether oxygens (including phenoxy) is 1. The normalized spacial score (nSPS) is 14.1. The molecule has 1 aliphatic heterocycles. The summed E-state index contributed by atoms with van der Waals surface area (Å²) in [5, 5.41) is 0. The molecule has 1 atom stereocenters. The van der Waals surface area contributed by atoms with Crippen LogP contribution in [0, 0.1) is 0 Å². The van der Waals surface area contributed by atoms with Gasteiger partial charge in [0.2, 0.25) is 5.89 Å². The van der Waals surface area contributed by atoms with E-state index in [1.165, 1.54) is 13.2 Å². The van der Waals surface area contributed by atoms with E-state index in [1.807, 2.05) is 30.3 Å². The third kappa shape index (κ3) is 3.07. The van der Waals surface area contributed by atoms with Crippen molar-refractivity contribution >= 4 is 17.8 Å². The number of nitrogens with zero attached hydrogens (tertiary/aromatic N) is 2. The molecule has 3 aromatic rings. The minimum atomic E-state index is -1.05. The van der Waals surface area contributed by atoms with Crippen LogP contribution in [0.15, 0.2) is 65.3 Å². The molecule has 4 rings (SSSR count). The van der Waals surface area contributed by atoms with Gasteiger partial charge in [-0.3, -0.25) is 14.5 Å². The van der Waals surface area contributed by atoms with Crippen LogP contribution in [0.25, 0.3) is 11.5 Å². The van der Waals surface area contributed by atoms with Crippen LogP contribution in [-0.4, -0.2) is 33.7 Å². The average Bonchev–Trinajstić information content (AvgIpc) is 3.30. The lowest BCUT2D eigenvalue weighted by Gasteiger charge is -2.20. The summed E-state index contributed by atoms with van der Waals surface area (Å²) in [6.07, 6.45) is 1.41. The predicted octanol–water partition coefficient (Wildman–Crippen LogP) is 3.07. The molecule has 28 heavy (non-hydrogen) atoms. The third-order valence-corrected chi connectivity index (χ3v) is 4.49. The van der Waals surface area contributed by atoms with Gasteiger partial charge in [-0.15, -0.1) is 0 Å². The van der Waals surface area contributed by atoms with Crippen molar-refractivity contribution in [1.29, 1.82) is 0 Å². The van der Waals surface area contributed by atoms with Crippen LogP contribution >= 0.6 is 0 Å². The summed E-state index contributed by atoms with van der Waals surface area (Å²) < 4.78 is 10.6. The fraction of sp³-hybridized carbons (Fsp3) is 0.143. The van der Waals surface area contributed by atoms with Crippen molar-refractivity contribution in [2.45, 2.75) is 19.6 Å². The summed E-state index contributed by atoms with van der Waals surface area (Å²) in [7, 11) is 0. The Morgan fingerprint density at radius 3 is 2.29 bits per heavy atom. The zero-order valence-electron chi connectivity index (χ0n) is 15.0. The van der Waals surface area contributed by atoms with E-state index in [4.69, 9.17) is 9.15 Å². The summed E-state index contributed by atoms with van der Waals surface area (Å²) in [6.45, 7) is 1.34. The van der Waals surface area contributed by atoms with Gasteiger partial charge >= 0.3 is 5.97 Å². The highest BCUT2D eigenvalue weighted by Crippen LogP contribution is 2.25. The summed E-state index contributed by atoms with van der Waals surface area (Å²) in [6, 6.07) is 14.7. The Kier molecular flexibility index (Phi) is 4.49. The van der Waals surface area contributed by atoms with Crippen molar-refractivity contribution in [3.8, 4) is 11.5 Å². The van der Waals surface area contributed by atoms with E-state index in [2.05, 4.69) is 4.98 Å². The third-order valence-electron chi connectivity index (χ3n) is 4.49. The number of hydrogen-bond acceptors (Lipinski definition) is 6. The first-order valence-corrected chi connectivity index (χ1v) is 8.69. The minimum Gasteiger partial charge on any atom is -0.458 e. The molecule has 1 aromatic heterocycles. The van der Waals surface area contributed by atoms with Crippen LogP contribution in [-0.2, 0) is 16.1 Å². The van der Waals surface area contributed by atoms with Gasteiger partial charge in [-0.05, 0) is 31.2 Å². The molecule has 0 bridgehead atoms. The number of benzene rings is 2. The number of carbonyl (C=O) groups is 3. The van der Waals surface area contributed by atoms with E-state index >= 15 is 0 Å². The predicted molar refractivity (Wildman–Crippen MR) is 98.1 cm³/mol. The molecule has 0 saturated carbocycles. The first-order valence-electron chi connectivity index (χ1n) is 8.69. The van der Waals surface area contributed by atoms with Gasteiger partial charge in [0.05, 0.1) is 11.1 Å². The molecule has 0 fully saturated rings. The minimum absolute atomic E-state index is 0.122. The van der Waals surface area contributed by atoms with E-state index in [-0.39, 0.29) is 17.7 Å². The second-order valence-electron chi connectivity index (χ2n) is 6.32. The molecule has 0 radical (unpaired) electrons. The molecular formula is C21H16N2O5. The van der Waals surface area contributed by atoms with Crippen LogP contribution in [0.2, 0.25) is 0 Å². The lowest BCUT2D eigenvalue weighted by atomic mass is 10.1. The molecule has 0 aliphatic carbocycles. The van der Waals surface area contributed by atoms with Gasteiger partial charge in [0, 0.05) is 5.56 Å². The Balaban J connectivity index is 1.42. The summed E-state index contributed by atoms with van der Waals surface area (Å²) >= 11 is 0. The van der Waals surface area contributed by atoms with Crippen LogP contribution in [0.1, 0.15) is 33.3 Å². The zero-order chi connectivity index (χ0) is 19.7. The molecule has 7 nitrogen and oxygen atoms in total. The summed E-state index contributed by atoms with van der Waals surface area (Å²) in [5.41, 5.74) is 1.81. The van der Waals surface area contributed by atoms with E-state index in [0.29, 0.717) is 11.6 Å². The number of rotatable bonds is 5. The van der Waals surface area contributed by atoms with Crippen molar-refractivity contribution in [3.05, 3.63) is 77.7 Å². The number of amides is 2. The Labute approximate surface area is 160 Å². The van der Waals surface area contributed by atoms with Gasteiger partial charge in [0.1, 0.15) is 24.6 Å². The molecular weight excluding hydrogens is 360 g/mol.